The Labute approximate surface area is 93.3 Å². The molecule has 0 radical (unpaired) electrons. The summed E-state index contributed by atoms with van der Waals surface area (Å²) >= 11 is 0. The van der Waals surface area contributed by atoms with Crippen molar-refractivity contribution < 1.29 is 14.3 Å². The first kappa shape index (κ1) is 12.4. The van der Waals surface area contributed by atoms with Crippen LogP contribution in [-0.4, -0.2) is 24.2 Å². The first-order chi connectivity index (χ1) is 7.54. The molecule has 0 bridgehead atoms. The van der Waals surface area contributed by atoms with Gasteiger partial charge in [0.2, 0.25) is 0 Å². The highest BCUT2D eigenvalue weighted by Gasteiger charge is 2.09. The Morgan fingerprint density at radius 3 is 2.88 bits per heavy atom. The number of aliphatic hydroxyl groups excluding tert-OH is 1. The maximum atomic E-state index is 12.8. The molecule has 5 heteroatoms. The van der Waals surface area contributed by atoms with Crippen molar-refractivity contribution in [2.24, 2.45) is 5.92 Å². The topological polar surface area (TPSA) is 75.3 Å². The van der Waals surface area contributed by atoms with Gasteiger partial charge in [-0.15, -0.1) is 0 Å². The number of benzene rings is 1. The monoisotopic (exact) mass is 226 g/mol. The maximum absolute atomic E-state index is 12.8. The Hall–Kier alpha value is -1.62. The minimum absolute atomic E-state index is 0.00579. The van der Waals surface area contributed by atoms with Gasteiger partial charge in [0.25, 0.3) is 5.91 Å². The number of carbonyl (C=O) groups is 1. The largest absolute Gasteiger partial charge is 0.396 e. The molecular formula is C11H15FN2O2. The van der Waals surface area contributed by atoms with Crippen molar-refractivity contribution in [1.29, 1.82) is 0 Å². The summed E-state index contributed by atoms with van der Waals surface area (Å²) in [6.45, 7) is 2.18. The van der Waals surface area contributed by atoms with Crippen LogP contribution in [0.25, 0.3) is 0 Å². The molecule has 1 amide bonds. The fraction of sp³-hybridized carbons (Fsp3) is 0.364. The van der Waals surface area contributed by atoms with Crippen LogP contribution in [0, 0.1) is 11.7 Å². The molecule has 1 unspecified atom stereocenters. The summed E-state index contributed by atoms with van der Waals surface area (Å²) in [5.41, 5.74) is 5.60. The first-order valence-corrected chi connectivity index (χ1v) is 4.98. The lowest BCUT2D eigenvalue weighted by Gasteiger charge is -2.09. The van der Waals surface area contributed by atoms with E-state index >= 15 is 0 Å². The Morgan fingerprint density at radius 2 is 2.31 bits per heavy atom. The summed E-state index contributed by atoms with van der Waals surface area (Å²) in [5.74, 6) is -0.881. The van der Waals surface area contributed by atoms with Crippen LogP contribution in [0.2, 0.25) is 0 Å². The van der Waals surface area contributed by atoms with E-state index in [1.165, 1.54) is 12.1 Å². The second-order valence-corrected chi connectivity index (χ2v) is 3.73. The van der Waals surface area contributed by atoms with Gasteiger partial charge in [-0.05, 0) is 24.1 Å². The van der Waals surface area contributed by atoms with Crippen molar-refractivity contribution in [3.05, 3.63) is 29.6 Å². The standard InChI is InChI=1S/C11H15FN2O2/c1-7(6-15)5-14-11(16)8-2-3-9(12)10(13)4-8/h2-4,7,15H,5-6,13H2,1H3,(H,14,16). The molecular weight excluding hydrogens is 211 g/mol. The summed E-state index contributed by atoms with van der Waals surface area (Å²) in [4.78, 5) is 11.6. The Balaban J connectivity index is 2.63. The van der Waals surface area contributed by atoms with E-state index in [0.29, 0.717) is 12.1 Å². The number of rotatable bonds is 4. The molecule has 0 aliphatic heterocycles. The van der Waals surface area contributed by atoms with Gasteiger partial charge in [-0.2, -0.15) is 0 Å². The van der Waals surface area contributed by atoms with Crippen LogP contribution in [0.3, 0.4) is 0 Å². The van der Waals surface area contributed by atoms with Crippen LogP contribution in [0.4, 0.5) is 10.1 Å². The molecule has 88 valence electrons. The number of aliphatic hydroxyl groups is 1. The Bertz CT molecular complexity index is 382. The number of nitrogens with one attached hydrogen (secondary N) is 1. The third kappa shape index (κ3) is 3.20. The molecule has 4 N–H and O–H groups in total. The normalized spacial score (nSPS) is 12.2. The van der Waals surface area contributed by atoms with Crippen LogP contribution in [0.15, 0.2) is 18.2 Å². The zero-order valence-corrected chi connectivity index (χ0v) is 9.03. The molecule has 1 aromatic rings. The van der Waals surface area contributed by atoms with Crippen LogP contribution in [0.1, 0.15) is 17.3 Å². The van der Waals surface area contributed by atoms with Gasteiger partial charge in [0.05, 0.1) is 5.69 Å². The Kier molecular flexibility index (Phi) is 4.25. The van der Waals surface area contributed by atoms with Gasteiger partial charge in [0.1, 0.15) is 5.82 Å². The number of carbonyl (C=O) groups excluding carboxylic acids is 1. The van der Waals surface area contributed by atoms with Gasteiger partial charge in [0.15, 0.2) is 0 Å². The highest BCUT2D eigenvalue weighted by Crippen LogP contribution is 2.12. The Morgan fingerprint density at radius 1 is 1.62 bits per heavy atom. The van der Waals surface area contributed by atoms with E-state index in [-0.39, 0.29) is 24.1 Å². The number of nitrogens with two attached hydrogens (primary N) is 1. The number of hydrogen-bond acceptors (Lipinski definition) is 3. The minimum Gasteiger partial charge on any atom is -0.396 e. The maximum Gasteiger partial charge on any atom is 0.251 e. The van der Waals surface area contributed by atoms with Gasteiger partial charge in [-0.25, -0.2) is 4.39 Å². The van der Waals surface area contributed by atoms with E-state index in [1.54, 1.807) is 6.92 Å². The van der Waals surface area contributed by atoms with E-state index in [4.69, 9.17) is 10.8 Å². The van der Waals surface area contributed by atoms with Crippen LogP contribution < -0.4 is 11.1 Å². The minimum atomic E-state index is -0.541. The van der Waals surface area contributed by atoms with Gasteiger partial charge < -0.3 is 16.2 Å². The number of anilines is 1. The summed E-state index contributed by atoms with van der Waals surface area (Å²) in [5, 5.41) is 11.4. The lowest BCUT2D eigenvalue weighted by molar-refractivity contribution is 0.0942. The summed E-state index contributed by atoms with van der Waals surface area (Å²) in [7, 11) is 0. The molecule has 1 rings (SSSR count). The molecule has 1 atom stereocenters. The van der Waals surface area contributed by atoms with Crippen molar-refractivity contribution in [2.75, 3.05) is 18.9 Å². The van der Waals surface area contributed by atoms with E-state index in [2.05, 4.69) is 5.32 Å². The van der Waals surface area contributed by atoms with Crippen molar-refractivity contribution >= 4 is 11.6 Å². The van der Waals surface area contributed by atoms with Crippen molar-refractivity contribution in [1.82, 2.24) is 5.32 Å². The third-order valence-corrected chi connectivity index (χ3v) is 2.18. The van der Waals surface area contributed by atoms with E-state index in [1.807, 2.05) is 0 Å². The van der Waals surface area contributed by atoms with Gasteiger partial charge in [0, 0.05) is 18.7 Å². The fourth-order valence-corrected chi connectivity index (χ4v) is 1.12. The second kappa shape index (κ2) is 5.46. The van der Waals surface area contributed by atoms with E-state index in [0.717, 1.165) is 6.07 Å². The summed E-state index contributed by atoms with van der Waals surface area (Å²) < 4.78 is 12.8. The quantitative estimate of drug-likeness (QED) is 0.664. The zero-order chi connectivity index (χ0) is 12.1. The zero-order valence-electron chi connectivity index (χ0n) is 9.03. The number of halogens is 1. The summed E-state index contributed by atoms with van der Waals surface area (Å²) in [6.07, 6.45) is 0. The van der Waals surface area contributed by atoms with Crippen molar-refractivity contribution in [3.8, 4) is 0 Å². The lowest BCUT2D eigenvalue weighted by atomic mass is 10.1. The number of hydrogen-bond donors (Lipinski definition) is 3. The molecule has 0 aromatic heterocycles. The molecule has 0 saturated heterocycles. The molecule has 0 fully saturated rings. The third-order valence-electron chi connectivity index (χ3n) is 2.18. The smallest absolute Gasteiger partial charge is 0.251 e. The fourth-order valence-electron chi connectivity index (χ4n) is 1.12. The van der Waals surface area contributed by atoms with Crippen LogP contribution >= 0.6 is 0 Å². The number of nitrogen functional groups attached to an aromatic ring is 1. The highest BCUT2D eigenvalue weighted by atomic mass is 19.1. The number of amides is 1. The van der Waals surface area contributed by atoms with Gasteiger partial charge in [-0.3, -0.25) is 4.79 Å². The predicted molar refractivity (Wildman–Crippen MR) is 59.4 cm³/mol. The molecule has 0 spiro atoms. The van der Waals surface area contributed by atoms with Crippen molar-refractivity contribution in [2.45, 2.75) is 6.92 Å². The molecule has 0 heterocycles. The second-order valence-electron chi connectivity index (χ2n) is 3.73. The molecule has 0 aliphatic carbocycles. The predicted octanol–water partition coefficient (Wildman–Crippen LogP) is 0.766. The van der Waals surface area contributed by atoms with Gasteiger partial charge >= 0.3 is 0 Å². The molecule has 1 aromatic carbocycles. The molecule has 16 heavy (non-hydrogen) atoms. The summed E-state index contributed by atoms with van der Waals surface area (Å²) in [6, 6.07) is 3.80. The average Bonchev–Trinajstić information content (AvgIpc) is 2.29. The van der Waals surface area contributed by atoms with Crippen LogP contribution in [-0.2, 0) is 0 Å². The van der Waals surface area contributed by atoms with Crippen molar-refractivity contribution in [3.63, 3.8) is 0 Å². The average molecular weight is 226 g/mol. The SMILES string of the molecule is CC(CO)CNC(=O)c1ccc(F)c(N)c1. The van der Waals surface area contributed by atoms with E-state index in [9.17, 15) is 9.18 Å². The van der Waals surface area contributed by atoms with Crippen LogP contribution in [0.5, 0.6) is 0 Å². The molecule has 0 aliphatic rings. The lowest BCUT2D eigenvalue weighted by Crippen LogP contribution is -2.29. The van der Waals surface area contributed by atoms with E-state index < -0.39 is 5.82 Å². The van der Waals surface area contributed by atoms with Gasteiger partial charge in [-0.1, -0.05) is 6.92 Å². The molecule has 4 nitrogen and oxygen atoms in total. The molecule has 0 saturated carbocycles. The highest BCUT2D eigenvalue weighted by molar-refractivity contribution is 5.95. The first-order valence-electron chi connectivity index (χ1n) is 4.98.